The van der Waals surface area contributed by atoms with Crippen molar-refractivity contribution in [3.05, 3.63) is 134 Å². The van der Waals surface area contributed by atoms with Crippen LogP contribution in [0.1, 0.15) is 26.2 Å². The largest absolute Gasteiger partial charge is 0.382 e. The Kier molecular flexibility index (Phi) is 13.4. The zero-order chi connectivity index (χ0) is 21.4. The van der Waals surface area contributed by atoms with Crippen molar-refractivity contribution in [1.82, 2.24) is 5.32 Å². The Balaban J connectivity index is 4.98. The molecule has 1 N–H and O–H groups in total. The molecule has 0 radical (unpaired) electrons. The highest BCUT2D eigenvalue weighted by Crippen LogP contribution is 2.19. The quantitative estimate of drug-likeness (QED) is 0.232. The Morgan fingerprint density at radius 2 is 1.39 bits per heavy atom. The van der Waals surface area contributed by atoms with Crippen LogP contribution in [0.4, 0.5) is 0 Å². The van der Waals surface area contributed by atoms with Gasteiger partial charge in [0.2, 0.25) is 0 Å². The van der Waals surface area contributed by atoms with Gasteiger partial charge in [-0.1, -0.05) is 106 Å². The Labute approximate surface area is 172 Å². The second kappa shape index (κ2) is 15.0. The topological polar surface area (TPSA) is 12.0 Å². The fourth-order valence-corrected chi connectivity index (χ4v) is 2.35. The molecule has 0 rings (SSSR count). The molecule has 0 saturated carbocycles. The fraction of sp³-hybridized carbons (Fsp3) is 0.185. The minimum atomic E-state index is 0.641. The van der Waals surface area contributed by atoms with E-state index in [4.69, 9.17) is 0 Å². The molecule has 28 heavy (non-hydrogen) atoms. The van der Waals surface area contributed by atoms with Crippen LogP contribution in [0.3, 0.4) is 0 Å². The molecule has 0 aliphatic rings. The molecule has 148 valence electrons. The Morgan fingerprint density at radius 3 is 1.89 bits per heavy atom. The Morgan fingerprint density at radius 1 is 0.786 bits per heavy atom. The van der Waals surface area contributed by atoms with Crippen LogP contribution in [-0.2, 0) is 0 Å². The third-order valence-electron chi connectivity index (χ3n) is 4.04. The van der Waals surface area contributed by atoms with E-state index in [0.717, 1.165) is 47.3 Å². The van der Waals surface area contributed by atoms with Crippen LogP contribution < -0.4 is 5.32 Å². The first-order valence-corrected chi connectivity index (χ1v) is 9.43. The van der Waals surface area contributed by atoms with Crippen LogP contribution in [0.2, 0.25) is 0 Å². The zero-order valence-electron chi connectivity index (χ0n) is 17.5. The van der Waals surface area contributed by atoms with Gasteiger partial charge >= 0.3 is 0 Å². The Bertz CT molecular complexity index is 732. The number of nitrogens with one attached hydrogen (secondary N) is 1. The van der Waals surface area contributed by atoms with Crippen molar-refractivity contribution < 1.29 is 0 Å². The molecule has 0 aromatic carbocycles. The summed E-state index contributed by atoms with van der Waals surface area (Å²) in [4.78, 5) is 0. The molecular weight excluding hydrogens is 338 g/mol. The third-order valence-corrected chi connectivity index (χ3v) is 4.04. The van der Waals surface area contributed by atoms with E-state index < -0.39 is 0 Å². The molecular formula is C27H35N. The standard InChI is InChI=1S/C27H35N/c1-9-14-15-25(11-3)20-22(6)16-17-23(7)21-27(13-5)26(12-4)18-19-28-24(8)10-2/h9-14,18,20-21,28H,2-8,15-17,19H2,1H3/b14-9-,25-20-,26-18-,27-21-. The Hall–Kier alpha value is -3.06. The van der Waals surface area contributed by atoms with Gasteiger partial charge in [-0.2, -0.15) is 0 Å². The van der Waals surface area contributed by atoms with E-state index in [9.17, 15) is 0 Å². The summed E-state index contributed by atoms with van der Waals surface area (Å²) in [6, 6.07) is 0. The summed E-state index contributed by atoms with van der Waals surface area (Å²) < 4.78 is 0. The number of rotatable bonds is 15. The summed E-state index contributed by atoms with van der Waals surface area (Å²) in [6.07, 6.45) is 20.1. The fourth-order valence-electron chi connectivity index (χ4n) is 2.35. The second-order valence-corrected chi connectivity index (χ2v) is 6.29. The summed E-state index contributed by atoms with van der Waals surface area (Å²) in [5.74, 6) is 0. The normalized spacial score (nSPS) is 12.4. The van der Waals surface area contributed by atoms with Crippen molar-refractivity contribution in [3.63, 3.8) is 0 Å². The first kappa shape index (κ1) is 24.9. The van der Waals surface area contributed by atoms with Gasteiger partial charge in [0, 0.05) is 12.2 Å². The predicted molar refractivity (Wildman–Crippen MR) is 129 cm³/mol. The van der Waals surface area contributed by atoms with Gasteiger partial charge in [0.15, 0.2) is 0 Å². The van der Waals surface area contributed by atoms with Crippen LogP contribution in [0.25, 0.3) is 0 Å². The van der Waals surface area contributed by atoms with E-state index in [1.165, 1.54) is 5.57 Å². The van der Waals surface area contributed by atoms with Gasteiger partial charge in [-0.3, -0.25) is 0 Å². The summed E-state index contributed by atoms with van der Waals surface area (Å²) in [7, 11) is 0. The average molecular weight is 374 g/mol. The second-order valence-electron chi connectivity index (χ2n) is 6.29. The molecule has 1 heteroatoms. The SMILES string of the molecule is C=CC(=C)NC/C=C(C=C)\C(C=C)=C/C(=C)CCC(=C)/C=C(/C=C)C/C=C\C. The molecule has 0 unspecified atom stereocenters. The van der Waals surface area contributed by atoms with E-state index in [-0.39, 0.29) is 0 Å². The summed E-state index contributed by atoms with van der Waals surface area (Å²) >= 11 is 0. The van der Waals surface area contributed by atoms with Crippen molar-refractivity contribution in [2.45, 2.75) is 26.2 Å². The molecule has 0 saturated heterocycles. The number of allylic oxidation sites excluding steroid dienone is 13. The van der Waals surface area contributed by atoms with Crippen LogP contribution in [0, 0.1) is 0 Å². The van der Waals surface area contributed by atoms with Crippen molar-refractivity contribution in [1.29, 1.82) is 0 Å². The molecule has 0 aliphatic heterocycles. The molecule has 1 nitrogen and oxygen atoms in total. The van der Waals surface area contributed by atoms with Crippen molar-refractivity contribution >= 4 is 0 Å². The summed E-state index contributed by atoms with van der Waals surface area (Å²) in [5.41, 5.74) is 6.04. The minimum absolute atomic E-state index is 0.641. The molecule has 0 aromatic heterocycles. The van der Waals surface area contributed by atoms with Crippen LogP contribution in [0.15, 0.2) is 134 Å². The summed E-state index contributed by atoms with van der Waals surface area (Å²) in [5, 5.41) is 3.16. The van der Waals surface area contributed by atoms with Gasteiger partial charge in [0.1, 0.15) is 0 Å². The lowest BCUT2D eigenvalue weighted by Gasteiger charge is -2.08. The van der Waals surface area contributed by atoms with Crippen LogP contribution in [0.5, 0.6) is 0 Å². The van der Waals surface area contributed by atoms with Gasteiger partial charge in [-0.25, -0.2) is 0 Å². The third kappa shape index (κ3) is 10.8. The van der Waals surface area contributed by atoms with Crippen molar-refractivity contribution in [2.75, 3.05) is 6.54 Å². The van der Waals surface area contributed by atoms with Gasteiger partial charge in [0.25, 0.3) is 0 Å². The van der Waals surface area contributed by atoms with Gasteiger partial charge in [-0.05, 0) is 49.0 Å². The lowest BCUT2D eigenvalue weighted by Crippen LogP contribution is -2.10. The first-order chi connectivity index (χ1) is 13.4. The van der Waals surface area contributed by atoms with E-state index in [1.807, 2.05) is 43.4 Å². The number of hydrogen-bond acceptors (Lipinski definition) is 1. The molecule has 0 spiro atoms. The minimum Gasteiger partial charge on any atom is -0.382 e. The highest BCUT2D eigenvalue weighted by atomic mass is 14.9. The predicted octanol–water partition coefficient (Wildman–Crippen LogP) is 7.47. The monoisotopic (exact) mass is 373 g/mol. The van der Waals surface area contributed by atoms with Crippen LogP contribution in [-0.4, -0.2) is 6.54 Å². The van der Waals surface area contributed by atoms with Crippen molar-refractivity contribution in [2.24, 2.45) is 0 Å². The molecule has 0 fully saturated rings. The molecule has 0 heterocycles. The maximum absolute atomic E-state index is 4.18. The average Bonchev–Trinajstić information content (AvgIpc) is 2.70. The zero-order valence-corrected chi connectivity index (χ0v) is 17.5. The van der Waals surface area contributed by atoms with Gasteiger partial charge in [0.05, 0.1) is 0 Å². The highest BCUT2D eigenvalue weighted by molar-refractivity contribution is 5.48. The molecule has 0 aromatic rings. The molecule has 0 atom stereocenters. The van der Waals surface area contributed by atoms with E-state index >= 15 is 0 Å². The van der Waals surface area contributed by atoms with E-state index in [0.29, 0.717) is 6.54 Å². The summed E-state index contributed by atoms with van der Waals surface area (Å²) in [6.45, 7) is 30.2. The maximum Gasteiger partial charge on any atom is 0.0339 e. The smallest absolute Gasteiger partial charge is 0.0339 e. The van der Waals surface area contributed by atoms with Gasteiger partial charge in [-0.15, -0.1) is 0 Å². The molecule has 0 aliphatic carbocycles. The van der Waals surface area contributed by atoms with Crippen LogP contribution >= 0.6 is 0 Å². The van der Waals surface area contributed by atoms with E-state index in [1.54, 1.807) is 6.08 Å². The molecule has 0 bridgehead atoms. The molecule has 0 amide bonds. The highest BCUT2D eigenvalue weighted by Gasteiger charge is 2.01. The van der Waals surface area contributed by atoms with Gasteiger partial charge < -0.3 is 5.32 Å². The lowest BCUT2D eigenvalue weighted by molar-refractivity contribution is 0.937. The van der Waals surface area contributed by atoms with Crippen molar-refractivity contribution in [3.8, 4) is 0 Å². The van der Waals surface area contributed by atoms with E-state index in [2.05, 4.69) is 63.5 Å². The number of hydrogen-bond donors (Lipinski definition) is 1. The maximum atomic E-state index is 4.18. The first-order valence-electron chi connectivity index (χ1n) is 9.43. The lowest BCUT2D eigenvalue weighted by atomic mass is 9.99.